The maximum atomic E-state index is 10.9. The highest BCUT2D eigenvalue weighted by Gasteiger charge is 2.10. The van der Waals surface area contributed by atoms with Gasteiger partial charge in [0.2, 0.25) is 0 Å². The second-order valence-electron chi connectivity index (χ2n) is 4.48. The van der Waals surface area contributed by atoms with E-state index < -0.39 is 12.1 Å². The van der Waals surface area contributed by atoms with E-state index in [0.29, 0.717) is 13.1 Å². The van der Waals surface area contributed by atoms with Crippen molar-refractivity contribution < 1.29 is 14.6 Å². The van der Waals surface area contributed by atoms with Crippen molar-refractivity contribution in [1.82, 2.24) is 5.32 Å². The van der Waals surface area contributed by atoms with Crippen molar-refractivity contribution in [3.63, 3.8) is 0 Å². The van der Waals surface area contributed by atoms with Crippen molar-refractivity contribution in [2.24, 2.45) is 0 Å². The number of benzene rings is 1. The lowest BCUT2D eigenvalue weighted by molar-refractivity contribution is -0.142. The van der Waals surface area contributed by atoms with Crippen molar-refractivity contribution in [2.75, 3.05) is 13.7 Å². The number of rotatable bonds is 6. The van der Waals surface area contributed by atoms with Crippen LogP contribution >= 0.6 is 0 Å². The molecule has 2 N–H and O–H groups in total. The molecule has 1 aromatic rings. The second-order valence-corrected chi connectivity index (χ2v) is 4.48. The van der Waals surface area contributed by atoms with Crippen LogP contribution in [0.1, 0.15) is 23.1 Å². The van der Waals surface area contributed by atoms with E-state index in [0.717, 1.165) is 0 Å². The summed E-state index contributed by atoms with van der Waals surface area (Å²) in [6.07, 6.45) is -0.680. The molecular weight excluding hydrogens is 230 g/mol. The van der Waals surface area contributed by atoms with E-state index in [4.69, 9.17) is 0 Å². The fraction of sp³-hybridized carbons (Fsp3) is 0.500. The van der Waals surface area contributed by atoms with Crippen molar-refractivity contribution in [3.8, 4) is 0 Å². The molecule has 0 radical (unpaired) electrons. The zero-order chi connectivity index (χ0) is 13.5. The number of hydrogen-bond donors (Lipinski definition) is 2. The number of carbonyl (C=O) groups excluding carboxylic acids is 1. The highest BCUT2D eigenvalue weighted by molar-refractivity contribution is 5.69. The predicted octanol–water partition coefficient (Wildman–Crippen LogP) is 1.32. The maximum Gasteiger partial charge on any atom is 0.308 e. The summed E-state index contributed by atoms with van der Waals surface area (Å²) in [6.45, 7) is 5.21. The fourth-order valence-electron chi connectivity index (χ4n) is 1.64. The van der Waals surface area contributed by atoms with Gasteiger partial charge in [0.25, 0.3) is 0 Å². The highest BCUT2D eigenvalue weighted by Crippen LogP contribution is 2.09. The van der Waals surface area contributed by atoms with Crippen molar-refractivity contribution in [3.05, 3.63) is 34.9 Å². The van der Waals surface area contributed by atoms with E-state index in [2.05, 4.69) is 42.1 Å². The fourth-order valence-corrected chi connectivity index (χ4v) is 1.64. The van der Waals surface area contributed by atoms with Crippen LogP contribution in [0.5, 0.6) is 0 Å². The van der Waals surface area contributed by atoms with Crippen LogP contribution in [0.3, 0.4) is 0 Å². The van der Waals surface area contributed by atoms with Crippen molar-refractivity contribution >= 4 is 5.97 Å². The zero-order valence-corrected chi connectivity index (χ0v) is 11.2. The normalized spacial score (nSPS) is 12.2. The number of methoxy groups -OCH3 is 1. The Morgan fingerprint density at radius 3 is 2.72 bits per heavy atom. The Bertz CT molecular complexity index is 404. The number of esters is 1. The van der Waals surface area contributed by atoms with Gasteiger partial charge in [0, 0.05) is 13.1 Å². The van der Waals surface area contributed by atoms with E-state index in [1.54, 1.807) is 0 Å². The third-order valence-electron chi connectivity index (χ3n) is 2.91. The molecule has 18 heavy (non-hydrogen) atoms. The number of aliphatic hydroxyl groups is 1. The molecule has 1 atom stereocenters. The van der Waals surface area contributed by atoms with Crippen LogP contribution in [0.25, 0.3) is 0 Å². The van der Waals surface area contributed by atoms with Gasteiger partial charge in [-0.2, -0.15) is 0 Å². The molecule has 4 heteroatoms. The first-order chi connectivity index (χ1) is 8.52. The molecule has 0 aromatic heterocycles. The first kappa shape index (κ1) is 14.7. The third kappa shape index (κ3) is 4.85. The molecule has 0 fully saturated rings. The molecule has 1 aromatic carbocycles. The van der Waals surface area contributed by atoms with Gasteiger partial charge in [-0.25, -0.2) is 0 Å². The van der Waals surface area contributed by atoms with E-state index >= 15 is 0 Å². The molecule has 0 aliphatic rings. The molecule has 1 rings (SSSR count). The molecule has 0 spiro atoms. The molecular formula is C14H21NO3. The molecule has 0 bridgehead atoms. The summed E-state index contributed by atoms with van der Waals surface area (Å²) in [4.78, 5) is 10.9. The number of nitrogens with one attached hydrogen (secondary N) is 1. The largest absolute Gasteiger partial charge is 0.469 e. The molecule has 0 aliphatic carbocycles. The Kier molecular flexibility index (Phi) is 5.82. The summed E-state index contributed by atoms with van der Waals surface area (Å²) in [5.74, 6) is -0.393. The Morgan fingerprint density at radius 1 is 1.39 bits per heavy atom. The minimum atomic E-state index is -0.705. The summed E-state index contributed by atoms with van der Waals surface area (Å²) in [7, 11) is 1.32. The summed E-state index contributed by atoms with van der Waals surface area (Å²) in [5.41, 5.74) is 3.69. The van der Waals surface area contributed by atoms with Crippen LogP contribution in [0.2, 0.25) is 0 Å². The summed E-state index contributed by atoms with van der Waals surface area (Å²) >= 11 is 0. The minimum absolute atomic E-state index is 0.0242. The Labute approximate surface area is 108 Å². The average molecular weight is 251 g/mol. The van der Waals surface area contributed by atoms with Gasteiger partial charge in [0.1, 0.15) is 0 Å². The van der Waals surface area contributed by atoms with Crippen LogP contribution in [0.15, 0.2) is 18.2 Å². The molecule has 0 aliphatic heterocycles. The van der Waals surface area contributed by atoms with Crippen LogP contribution in [0, 0.1) is 13.8 Å². The second kappa shape index (κ2) is 7.13. The Balaban J connectivity index is 2.32. The lowest BCUT2D eigenvalue weighted by Crippen LogP contribution is -2.28. The van der Waals surface area contributed by atoms with Crippen molar-refractivity contribution in [2.45, 2.75) is 32.9 Å². The van der Waals surface area contributed by atoms with E-state index in [1.807, 2.05) is 0 Å². The van der Waals surface area contributed by atoms with Gasteiger partial charge < -0.3 is 15.2 Å². The standard InChI is InChI=1S/C14H21NO3/c1-10-4-5-12(6-11(10)2)8-15-9-13(16)7-14(17)18-3/h4-6,13,15-16H,7-9H2,1-3H3. The predicted molar refractivity (Wildman–Crippen MR) is 70.3 cm³/mol. The van der Waals surface area contributed by atoms with Gasteiger partial charge in [0.05, 0.1) is 19.6 Å². The molecule has 0 amide bonds. The minimum Gasteiger partial charge on any atom is -0.469 e. The number of aliphatic hydroxyl groups excluding tert-OH is 1. The number of hydrogen-bond acceptors (Lipinski definition) is 4. The number of ether oxygens (including phenoxy) is 1. The molecule has 4 nitrogen and oxygen atoms in total. The Morgan fingerprint density at radius 2 is 2.11 bits per heavy atom. The third-order valence-corrected chi connectivity index (χ3v) is 2.91. The van der Waals surface area contributed by atoms with Crippen molar-refractivity contribution in [1.29, 1.82) is 0 Å². The molecule has 0 saturated heterocycles. The molecule has 0 heterocycles. The first-order valence-electron chi connectivity index (χ1n) is 6.04. The van der Waals surface area contributed by atoms with E-state index in [9.17, 15) is 9.90 Å². The lowest BCUT2D eigenvalue weighted by Gasteiger charge is -2.11. The first-order valence-corrected chi connectivity index (χ1v) is 6.04. The lowest BCUT2D eigenvalue weighted by atomic mass is 10.1. The van der Waals surface area contributed by atoms with E-state index in [1.165, 1.54) is 23.8 Å². The smallest absolute Gasteiger partial charge is 0.308 e. The van der Waals surface area contributed by atoms with Gasteiger partial charge in [0.15, 0.2) is 0 Å². The maximum absolute atomic E-state index is 10.9. The number of carbonyl (C=O) groups is 1. The van der Waals surface area contributed by atoms with Gasteiger partial charge in [-0.1, -0.05) is 18.2 Å². The Hall–Kier alpha value is -1.39. The van der Waals surface area contributed by atoms with Gasteiger partial charge in [-0.05, 0) is 30.5 Å². The summed E-state index contributed by atoms with van der Waals surface area (Å²) in [5, 5.41) is 12.7. The monoisotopic (exact) mass is 251 g/mol. The zero-order valence-electron chi connectivity index (χ0n) is 11.2. The van der Waals surface area contributed by atoms with Gasteiger partial charge in [-0.15, -0.1) is 0 Å². The highest BCUT2D eigenvalue weighted by atomic mass is 16.5. The van der Waals surface area contributed by atoms with Gasteiger partial charge >= 0.3 is 5.97 Å². The summed E-state index contributed by atoms with van der Waals surface area (Å²) in [6, 6.07) is 6.26. The number of aryl methyl sites for hydroxylation is 2. The quantitative estimate of drug-likeness (QED) is 0.749. The van der Waals surface area contributed by atoms with Gasteiger partial charge in [-0.3, -0.25) is 4.79 Å². The average Bonchev–Trinajstić information content (AvgIpc) is 2.33. The summed E-state index contributed by atoms with van der Waals surface area (Å²) < 4.78 is 4.49. The van der Waals surface area contributed by atoms with Crippen LogP contribution in [0.4, 0.5) is 0 Å². The van der Waals surface area contributed by atoms with E-state index in [-0.39, 0.29) is 6.42 Å². The van der Waals surface area contributed by atoms with Crippen LogP contribution in [-0.2, 0) is 16.1 Å². The molecule has 100 valence electrons. The SMILES string of the molecule is COC(=O)CC(O)CNCc1ccc(C)c(C)c1. The van der Waals surface area contributed by atoms with Crippen LogP contribution in [-0.4, -0.2) is 30.8 Å². The topological polar surface area (TPSA) is 58.6 Å². The molecule has 0 saturated carbocycles. The van der Waals surface area contributed by atoms with Crippen LogP contribution < -0.4 is 5.32 Å². The molecule has 1 unspecified atom stereocenters.